The Morgan fingerprint density at radius 3 is 2.56 bits per heavy atom. The van der Waals surface area contributed by atoms with Crippen molar-refractivity contribution in [3.05, 3.63) is 44.8 Å². The van der Waals surface area contributed by atoms with Gasteiger partial charge >= 0.3 is 0 Å². The number of nitro benzene ring substituents is 1. The molecule has 0 bridgehead atoms. The molecule has 0 saturated heterocycles. The van der Waals surface area contributed by atoms with E-state index in [2.05, 4.69) is 4.99 Å². The topological polar surface area (TPSA) is 72.6 Å². The first-order chi connectivity index (χ1) is 8.60. The second-order valence-corrected chi connectivity index (χ2v) is 5.43. The van der Waals surface area contributed by atoms with Crippen molar-refractivity contribution in [2.24, 2.45) is 4.99 Å². The molecule has 7 heteroatoms. The molecule has 1 aliphatic heterocycles. The van der Waals surface area contributed by atoms with Gasteiger partial charge in [-0.2, -0.15) is 4.99 Å². The van der Waals surface area contributed by atoms with Gasteiger partial charge in [0.15, 0.2) is 0 Å². The number of nitrogens with zero attached hydrogens (tertiary/aromatic N) is 2. The molecule has 1 amide bonds. The zero-order chi connectivity index (χ0) is 13.1. The van der Waals surface area contributed by atoms with Gasteiger partial charge in [-0.25, -0.2) is 0 Å². The van der Waals surface area contributed by atoms with Crippen LogP contribution in [0.15, 0.2) is 34.2 Å². The predicted molar refractivity (Wildman–Crippen MR) is 74.6 cm³/mol. The number of non-ortho nitro benzene ring substituents is 1. The Balaban J connectivity index is 2.20. The highest BCUT2D eigenvalue weighted by molar-refractivity contribution is 8.40. The fourth-order valence-electron chi connectivity index (χ4n) is 1.32. The Labute approximate surface area is 112 Å². The molecule has 0 unspecified atom stereocenters. The summed E-state index contributed by atoms with van der Waals surface area (Å²) < 4.78 is 0.716. The third kappa shape index (κ3) is 2.80. The third-order valence-electron chi connectivity index (χ3n) is 2.18. The SMILES string of the molecule is CSC1=NC(=O)/C(=C/c2ccc([N+](=O)[O-])cc2)S1. The number of aliphatic imine (C=N–C) groups is 1. The van der Waals surface area contributed by atoms with Crippen molar-refractivity contribution in [1.82, 2.24) is 0 Å². The highest BCUT2D eigenvalue weighted by Crippen LogP contribution is 2.32. The van der Waals surface area contributed by atoms with E-state index in [0.717, 1.165) is 5.56 Å². The molecule has 1 aromatic carbocycles. The minimum Gasteiger partial charge on any atom is -0.266 e. The lowest BCUT2D eigenvalue weighted by Crippen LogP contribution is -1.89. The maximum absolute atomic E-state index is 11.5. The lowest BCUT2D eigenvalue weighted by Gasteiger charge is -1.96. The number of hydrogen-bond donors (Lipinski definition) is 0. The molecule has 0 N–H and O–H groups in total. The van der Waals surface area contributed by atoms with Gasteiger partial charge in [0.25, 0.3) is 11.6 Å². The van der Waals surface area contributed by atoms with Gasteiger partial charge in [-0.15, -0.1) is 11.8 Å². The summed E-state index contributed by atoms with van der Waals surface area (Å²) in [5.41, 5.74) is 0.776. The smallest absolute Gasteiger partial charge is 0.266 e. The van der Waals surface area contributed by atoms with E-state index in [1.165, 1.54) is 35.7 Å². The summed E-state index contributed by atoms with van der Waals surface area (Å²) in [5.74, 6) is -0.261. The number of thioether (sulfide) groups is 2. The second kappa shape index (κ2) is 5.36. The molecule has 0 radical (unpaired) electrons. The molecule has 5 nitrogen and oxygen atoms in total. The molecule has 0 aliphatic carbocycles. The van der Waals surface area contributed by atoms with Crippen molar-refractivity contribution in [3.8, 4) is 0 Å². The van der Waals surface area contributed by atoms with Crippen LogP contribution in [-0.2, 0) is 4.79 Å². The van der Waals surface area contributed by atoms with E-state index >= 15 is 0 Å². The largest absolute Gasteiger partial charge is 0.285 e. The molecule has 18 heavy (non-hydrogen) atoms. The molecule has 1 aromatic rings. The second-order valence-electron chi connectivity index (χ2n) is 3.35. The van der Waals surface area contributed by atoms with Crippen molar-refractivity contribution in [1.29, 1.82) is 0 Å². The number of carbonyl (C=O) groups is 1. The Bertz CT molecular complexity index is 564. The monoisotopic (exact) mass is 280 g/mol. The van der Waals surface area contributed by atoms with Crippen molar-refractivity contribution < 1.29 is 9.72 Å². The number of hydrogen-bond acceptors (Lipinski definition) is 5. The van der Waals surface area contributed by atoms with E-state index in [4.69, 9.17) is 0 Å². The van der Waals surface area contributed by atoms with Crippen LogP contribution in [0, 0.1) is 10.1 Å². The van der Waals surface area contributed by atoms with Crippen LogP contribution in [0.1, 0.15) is 5.56 Å². The summed E-state index contributed by atoms with van der Waals surface area (Å²) in [6.07, 6.45) is 3.54. The standard InChI is InChI=1S/C11H8N2O3S2/c1-17-11-12-10(14)9(18-11)6-7-2-4-8(5-3-7)13(15)16/h2-6H,1H3/b9-6-. The van der Waals surface area contributed by atoms with Crippen LogP contribution in [0.25, 0.3) is 6.08 Å². The lowest BCUT2D eigenvalue weighted by atomic mass is 10.2. The maximum atomic E-state index is 11.5. The summed E-state index contributed by atoms with van der Waals surface area (Å²) >= 11 is 2.73. The fourth-order valence-corrected chi connectivity index (χ4v) is 2.74. The van der Waals surface area contributed by atoms with E-state index in [0.29, 0.717) is 9.28 Å². The predicted octanol–water partition coefficient (Wildman–Crippen LogP) is 2.93. The molecule has 0 fully saturated rings. The number of nitro groups is 1. The highest BCUT2D eigenvalue weighted by Gasteiger charge is 2.20. The van der Waals surface area contributed by atoms with Gasteiger partial charge in [0, 0.05) is 12.1 Å². The Kier molecular flexibility index (Phi) is 3.83. The van der Waals surface area contributed by atoms with Crippen LogP contribution in [0.3, 0.4) is 0 Å². The molecular weight excluding hydrogens is 272 g/mol. The normalized spacial score (nSPS) is 17.1. The van der Waals surface area contributed by atoms with Crippen molar-refractivity contribution in [2.45, 2.75) is 0 Å². The summed E-state index contributed by atoms with van der Waals surface area (Å²) in [5, 5.41) is 10.5. The zero-order valence-corrected chi connectivity index (χ0v) is 11.0. The first-order valence-corrected chi connectivity index (χ1v) is 6.95. The minimum absolute atomic E-state index is 0.0311. The van der Waals surface area contributed by atoms with Crippen LogP contribution in [-0.4, -0.2) is 21.5 Å². The zero-order valence-electron chi connectivity index (χ0n) is 9.32. The molecule has 1 heterocycles. The molecular formula is C11H8N2O3S2. The van der Waals surface area contributed by atoms with Gasteiger partial charge in [-0.1, -0.05) is 11.8 Å². The number of benzene rings is 1. The fraction of sp³-hybridized carbons (Fsp3) is 0.0909. The summed E-state index contributed by atoms with van der Waals surface area (Å²) in [6, 6.07) is 6.03. The van der Waals surface area contributed by atoms with Crippen molar-refractivity contribution in [3.63, 3.8) is 0 Å². The molecule has 0 spiro atoms. The van der Waals surface area contributed by atoms with Crippen molar-refractivity contribution in [2.75, 3.05) is 6.26 Å². The Morgan fingerprint density at radius 1 is 1.39 bits per heavy atom. The van der Waals surface area contributed by atoms with Crippen LogP contribution in [0.2, 0.25) is 0 Å². The summed E-state index contributed by atoms with van der Waals surface area (Å²) in [4.78, 5) is 26.0. The van der Waals surface area contributed by atoms with Crippen LogP contribution in [0.5, 0.6) is 0 Å². The third-order valence-corrected chi connectivity index (χ3v) is 4.15. The maximum Gasteiger partial charge on any atom is 0.285 e. The number of carbonyl (C=O) groups excluding carboxylic acids is 1. The van der Waals surface area contributed by atoms with E-state index in [1.807, 2.05) is 6.26 Å². The van der Waals surface area contributed by atoms with Gasteiger partial charge in [-0.3, -0.25) is 14.9 Å². The average Bonchev–Trinajstić information content (AvgIpc) is 2.71. The van der Waals surface area contributed by atoms with E-state index in [9.17, 15) is 14.9 Å². The van der Waals surface area contributed by atoms with Gasteiger partial charge in [-0.05, 0) is 30.0 Å². The van der Waals surface area contributed by atoms with Gasteiger partial charge in [0.2, 0.25) is 0 Å². The minimum atomic E-state index is -0.457. The molecule has 0 saturated carbocycles. The Morgan fingerprint density at radius 2 is 2.06 bits per heavy atom. The van der Waals surface area contributed by atoms with E-state index in [1.54, 1.807) is 18.2 Å². The van der Waals surface area contributed by atoms with Crippen LogP contribution < -0.4 is 0 Å². The van der Waals surface area contributed by atoms with Crippen LogP contribution in [0.4, 0.5) is 5.69 Å². The van der Waals surface area contributed by atoms with Crippen molar-refractivity contribution >= 4 is 45.6 Å². The van der Waals surface area contributed by atoms with Gasteiger partial charge in [0.05, 0.1) is 9.83 Å². The molecule has 92 valence electrons. The Hall–Kier alpha value is -1.60. The summed E-state index contributed by atoms with van der Waals surface area (Å²) in [7, 11) is 0. The quantitative estimate of drug-likeness (QED) is 0.473. The highest BCUT2D eigenvalue weighted by atomic mass is 32.2. The van der Waals surface area contributed by atoms with Gasteiger partial charge < -0.3 is 0 Å². The lowest BCUT2D eigenvalue weighted by molar-refractivity contribution is -0.384. The number of rotatable bonds is 2. The van der Waals surface area contributed by atoms with E-state index < -0.39 is 4.92 Å². The molecule has 2 rings (SSSR count). The first-order valence-electron chi connectivity index (χ1n) is 4.91. The van der Waals surface area contributed by atoms with Gasteiger partial charge in [0.1, 0.15) is 4.38 Å². The molecule has 0 atom stereocenters. The first kappa shape index (κ1) is 12.8. The number of amides is 1. The summed E-state index contributed by atoms with van der Waals surface area (Å²) in [6.45, 7) is 0. The molecule has 0 aromatic heterocycles. The van der Waals surface area contributed by atoms with E-state index in [-0.39, 0.29) is 11.6 Å². The average molecular weight is 280 g/mol. The molecule has 1 aliphatic rings. The van der Waals surface area contributed by atoms with Crippen LogP contribution >= 0.6 is 23.5 Å².